The number of halogens is 2. The molecule has 2 atom stereocenters. The summed E-state index contributed by atoms with van der Waals surface area (Å²) < 4.78 is 7.51. The lowest BCUT2D eigenvalue weighted by Crippen LogP contribution is -2.11. The van der Waals surface area contributed by atoms with Gasteiger partial charge in [0, 0.05) is 19.1 Å². The van der Waals surface area contributed by atoms with Crippen LogP contribution in [-0.2, 0) is 11.3 Å². The zero-order valence-corrected chi connectivity index (χ0v) is 12.6. The van der Waals surface area contributed by atoms with E-state index in [-0.39, 0.29) is 6.10 Å². The standard InChI is InChI=1S/C15H16Cl2N2O/c16-15(17)8-10(15)9-19-12-5-2-1-4-11(12)18-14(19)13-6-3-7-20-13/h1-2,4-5,10,13H,3,6-9H2/t10-,13+/m1/s1. The summed E-state index contributed by atoms with van der Waals surface area (Å²) in [7, 11) is 0. The molecule has 0 N–H and O–H groups in total. The molecule has 0 bridgehead atoms. The van der Waals surface area contributed by atoms with E-state index >= 15 is 0 Å². The molecule has 106 valence electrons. The number of ether oxygens (including phenoxy) is 1. The van der Waals surface area contributed by atoms with Crippen LogP contribution in [-0.4, -0.2) is 20.5 Å². The van der Waals surface area contributed by atoms with E-state index < -0.39 is 4.33 Å². The zero-order chi connectivity index (χ0) is 13.7. The van der Waals surface area contributed by atoms with Gasteiger partial charge in [0.1, 0.15) is 16.3 Å². The Morgan fingerprint density at radius 2 is 2.15 bits per heavy atom. The number of nitrogens with zero attached hydrogens (tertiary/aromatic N) is 2. The van der Waals surface area contributed by atoms with Gasteiger partial charge in [0.15, 0.2) is 0 Å². The molecule has 5 heteroatoms. The second kappa shape index (κ2) is 4.62. The fraction of sp³-hybridized carbons (Fsp3) is 0.533. The van der Waals surface area contributed by atoms with Crippen molar-refractivity contribution >= 4 is 34.2 Å². The van der Waals surface area contributed by atoms with Crippen molar-refractivity contribution in [2.75, 3.05) is 6.61 Å². The minimum absolute atomic E-state index is 0.112. The van der Waals surface area contributed by atoms with Gasteiger partial charge in [-0.15, -0.1) is 23.2 Å². The van der Waals surface area contributed by atoms with Crippen molar-refractivity contribution in [2.45, 2.75) is 36.2 Å². The average molecular weight is 311 g/mol. The third-order valence-corrected chi connectivity index (χ3v) is 5.19. The fourth-order valence-electron chi connectivity index (χ4n) is 3.00. The quantitative estimate of drug-likeness (QED) is 0.799. The topological polar surface area (TPSA) is 27.1 Å². The van der Waals surface area contributed by atoms with E-state index in [0.717, 1.165) is 49.3 Å². The monoisotopic (exact) mass is 310 g/mol. The second-order valence-electron chi connectivity index (χ2n) is 5.73. The molecule has 1 saturated heterocycles. The summed E-state index contributed by atoms with van der Waals surface area (Å²) in [6.07, 6.45) is 3.11. The molecular weight excluding hydrogens is 295 g/mol. The van der Waals surface area contributed by atoms with Crippen molar-refractivity contribution in [1.82, 2.24) is 9.55 Å². The second-order valence-corrected chi connectivity index (χ2v) is 7.28. The molecule has 4 rings (SSSR count). The van der Waals surface area contributed by atoms with Crippen LogP contribution < -0.4 is 0 Å². The van der Waals surface area contributed by atoms with Crippen LogP contribution in [0.2, 0.25) is 0 Å². The van der Waals surface area contributed by atoms with Crippen LogP contribution in [0, 0.1) is 5.92 Å². The van der Waals surface area contributed by atoms with Gasteiger partial charge in [-0.3, -0.25) is 0 Å². The van der Waals surface area contributed by atoms with Crippen LogP contribution >= 0.6 is 23.2 Å². The number of imidazole rings is 1. The summed E-state index contributed by atoms with van der Waals surface area (Å²) in [5, 5.41) is 0. The highest BCUT2D eigenvalue weighted by atomic mass is 35.5. The molecule has 1 saturated carbocycles. The van der Waals surface area contributed by atoms with Crippen molar-refractivity contribution in [3.63, 3.8) is 0 Å². The van der Waals surface area contributed by atoms with Gasteiger partial charge < -0.3 is 9.30 Å². The number of hydrogen-bond acceptors (Lipinski definition) is 2. The van der Waals surface area contributed by atoms with E-state index in [1.54, 1.807) is 0 Å². The van der Waals surface area contributed by atoms with Gasteiger partial charge in [-0.05, 0) is 31.4 Å². The van der Waals surface area contributed by atoms with Crippen LogP contribution in [0.4, 0.5) is 0 Å². The third kappa shape index (κ3) is 2.12. The van der Waals surface area contributed by atoms with Crippen molar-refractivity contribution in [2.24, 2.45) is 5.92 Å². The first-order chi connectivity index (χ1) is 9.65. The molecule has 2 heterocycles. The maximum atomic E-state index is 6.19. The summed E-state index contributed by atoms with van der Waals surface area (Å²) in [6.45, 7) is 1.65. The van der Waals surface area contributed by atoms with Crippen LogP contribution in [0.3, 0.4) is 0 Å². The van der Waals surface area contributed by atoms with E-state index in [2.05, 4.69) is 10.6 Å². The molecule has 1 aromatic heterocycles. The minimum atomic E-state index is -0.556. The Morgan fingerprint density at radius 3 is 2.85 bits per heavy atom. The van der Waals surface area contributed by atoms with Crippen LogP contribution in [0.15, 0.2) is 24.3 Å². The van der Waals surface area contributed by atoms with Crippen LogP contribution in [0.1, 0.15) is 31.2 Å². The summed E-state index contributed by atoms with van der Waals surface area (Å²) in [4.78, 5) is 4.78. The minimum Gasteiger partial charge on any atom is -0.370 e. The SMILES string of the molecule is ClC1(Cl)C[C@@H]1Cn1c([C@@H]2CCCO2)nc2ccccc21. The molecule has 1 aromatic carbocycles. The Kier molecular flexibility index (Phi) is 2.99. The molecule has 0 radical (unpaired) electrons. The van der Waals surface area contributed by atoms with Gasteiger partial charge in [0.2, 0.25) is 0 Å². The van der Waals surface area contributed by atoms with Gasteiger partial charge >= 0.3 is 0 Å². The lowest BCUT2D eigenvalue weighted by molar-refractivity contribution is 0.102. The number of alkyl halides is 2. The van der Waals surface area contributed by atoms with Gasteiger partial charge in [0.25, 0.3) is 0 Å². The normalized spacial score (nSPS) is 28.1. The molecule has 0 amide bonds. The molecule has 2 aliphatic rings. The van der Waals surface area contributed by atoms with Gasteiger partial charge in [-0.1, -0.05) is 12.1 Å². The molecule has 0 unspecified atom stereocenters. The number of para-hydroxylation sites is 2. The van der Waals surface area contributed by atoms with Crippen LogP contribution in [0.5, 0.6) is 0 Å². The first kappa shape index (κ1) is 12.9. The summed E-state index contributed by atoms with van der Waals surface area (Å²) in [5.74, 6) is 1.34. The molecule has 2 aromatic rings. The number of benzene rings is 1. The summed E-state index contributed by atoms with van der Waals surface area (Å²) in [6, 6.07) is 8.21. The lowest BCUT2D eigenvalue weighted by atomic mass is 10.2. The van der Waals surface area contributed by atoms with E-state index in [1.807, 2.05) is 18.2 Å². The highest BCUT2D eigenvalue weighted by Gasteiger charge is 2.52. The number of rotatable bonds is 3. The smallest absolute Gasteiger partial charge is 0.139 e. The first-order valence-corrected chi connectivity index (χ1v) is 7.85. The highest BCUT2D eigenvalue weighted by Crippen LogP contribution is 2.54. The Hall–Kier alpha value is -0.770. The van der Waals surface area contributed by atoms with E-state index in [0.29, 0.717) is 5.92 Å². The predicted molar refractivity (Wildman–Crippen MR) is 80.2 cm³/mol. The summed E-state index contributed by atoms with van der Waals surface area (Å²) in [5.41, 5.74) is 2.17. The van der Waals surface area contributed by atoms with E-state index in [9.17, 15) is 0 Å². The van der Waals surface area contributed by atoms with Gasteiger partial charge in [0.05, 0.1) is 11.0 Å². The number of fused-ring (bicyclic) bond motifs is 1. The van der Waals surface area contributed by atoms with E-state index in [4.69, 9.17) is 32.9 Å². The fourth-order valence-corrected chi connectivity index (χ4v) is 3.51. The predicted octanol–water partition coefficient (Wildman–Crippen LogP) is 4.08. The average Bonchev–Trinajstić information content (AvgIpc) is 2.87. The lowest BCUT2D eigenvalue weighted by Gasteiger charge is -2.13. The first-order valence-electron chi connectivity index (χ1n) is 7.10. The van der Waals surface area contributed by atoms with Crippen LogP contribution in [0.25, 0.3) is 11.0 Å². The Morgan fingerprint density at radius 1 is 1.35 bits per heavy atom. The molecular formula is C15H16Cl2N2O. The maximum Gasteiger partial charge on any atom is 0.139 e. The molecule has 1 aliphatic heterocycles. The molecule has 3 nitrogen and oxygen atoms in total. The van der Waals surface area contributed by atoms with Gasteiger partial charge in [-0.25, -0.2) is 4.98 Å². The maximum absolute atomic E-state index is 6.19. The highest BCUT2D eigenvalue weighted by molar-refractivity contribution is 6.50. The van der Waals surface area contributed by atoms with Crippen molar-refractivity contribution in [1.29, 1.82) is 0 Å². The largest absolute Gasteiger partial charge is 0.370 e. The van der Waals surface area contributed by atoms with Crippen molar-refractivity contribution < 1.29 is 4.74 Å². The number of hydrogen-bond donors (Lipinski definition) is 0. The molecule has 20 heavy (non-hydrogen) atoms. The van der Waals surface area contributed by atoms with Gasteiger partial charge in [-0.2, -0.15) is 0 Å². The van der Waals surface area contributed by atoms with Crippen molar-refractivity contribution in [3.05, 3.63) is 30.1 Å². The summed E-state index contributed by atoms with van der Waals surface area (Å²) >= 11 is 12.4. The third-order valence-electron chi connectivity index (χ3n) is 4.26. The molecule has 2 fully saturated rings. The van der Waals surface area contributed by atoms with Crippen molar-refractivity contribution in [3.8, 4) is 0 Å². The Balaban J connectivity index is 1.76. The zero-order valence-electron chi connectivity index (χ0n) is 11.1. The Labute approximate surface area is 127 Å². The molecule has 0 spiro atoms. The van der Waals surface area contributed by atoms with E-state index in [1.165, 1.54) is 0 Å². The number of aromatic nitrogens is 2. The Bertz CT molecular complexity index is 646. The molecule has 1 aliphatic carbocycles.